The molecule has 1 fully saturated rings. The van der Waals surface area contributed by atoms with Gasteiger partial charge in [0.1, 0.15) is 0 Å². The van der Waals surface area contributed by atoms with E-state index in [1.165, 1.54) is 0 Å². The fraction of sp³-hybridized carbons (Fsp3) is 0.400. The van der Waals surface area contributed by atoms with Gasteiger partial charge in [-0.25, -0.2) is 4.79 Å². The second-order valence-electron chi connectivity index (χ2n) is 6.73. The summed E-state index contributed by atoms with van der Waals surface area (Å²) >= 11 is 0. The van der Waals surface area contributed by atoms with E-state index in [0.717, 1.165) is 42.9 Å². The molecule has 1 unspecified atom stereocenters. The van der Waals surface area contributed by atoms with Gasteiger partial charge in [-0.05, 0) is 48.1 Å². The van der Waals surface area contributed by atoms with E-state index >= 15 is 0 Å². The largest absolute Gasteiger partial charge is 0.454 e. The summed E-state index contributed by atoms with van der Waals surface area (Å²) in [5.74, 6) is 1.78. The van der Waals surface area contributed by atoms with Gasteiger partial charge in [-0.1, -0.05) is 12.1 Å². The van der Waals surface area contributed by atoms with E-state index < -0.39 is 0 Å². The molecule has 1 aromatic carbocycles. The zero-order valence-corrected chi connectivity index (χ0v) is 15.0. The summed E-state index contributed by atoms with van der Waals surface area (Å²) in [5.41, 5.74) is 1.97. The van der Waals surface area contributed by atoms with Crippen LogP contribution in [0.2, 0.25) is 0 Å². The molecule has 2 N–H and O–H groups in total. The molecule has 0 spiro atoms. The number of urea groups is 1. The second kappa shape index (κ2) is 8.26. The van der Waals surface area contributed by atoms with Gasteiger partial charge in [0.05, 0.1) is 6.04 Å². The Morgan fingerprint density at radius 1 is 1.19 bits per heavy atom. The van der Waals surface area contributed by atoms with Crippen molar-refractivity contribution < 1.29 is 19.0 Å². The molecule has 4 rings (SSSR count). The number of rotatable bonds is 5. The molecule has 1 atom stereocenters. The number of hydrogen-bond acceptors (Lipinski definition) is 5. The van der Waals surface area contributed by atoms with Crippen molar-refractivity contribution >= 4 is 6.03 Å². The fourth-order valence-electron chi connectivity index (χ4n) is 3.51. The Balaban J connectivity index is 1.39. The van der Waals surface area contributed by atoms with Crippen molar-refractivity contribution in [2.24, 2.45) is 5.92 Å². The first kappa shape index (κ1) is 17.6. The van der Waals surface area contributed by atoms with Crippen LogP contribution in [0.25, 0.3) is 0 Å². The minimum atomic E-state index is -0.201. The number of carbonyl (C=O) groups is 1. The van der Waals surface area contributed by atoms with Gasteiger partial charge in [0.2, 0.25) is 6.79 Å². The molecule has 0 radical (unpaired) electrons. The summed E-state index contributed by atoms with van der Waals surface area (Å²) in [4.78, 5) is 16.8. The second-order valence-corrected chi connectivity index (χ2v) is 6.73. The van der Waals surface area contributed by atoms with Gasteiger partial charge < -0.3 is 24.8 Å². The van der Waals surface area contributed by atoms with E-state index in [0.29, 0.717) is 18.2 Å². The van der Waals surface area contributed by atoms with Crippen LogP contribution in [-0.2, 0) is 11.3 Å². The molecule has 0 aliphatic carbocycles. The van der Waals surface area contributed by atoms with Gasteiger partial charge in [-0.15, -0.1) is 0 Å². The molecule has 1 aromatic heterocycles. The number of nitrogens with one attached hydrogen (secondary N) is 2. The molecule has 7 nitrogen and oxygen atoms in total. The van der Waals surface area contributed by atoms with Crippen molar-refractivity contribution in [2.75, 3.05) is 20.0 Å². The average Bonchev–Trinajstić information content (AvgIpc) is 3.20. The maximum atomic E-state index is 12.5. The predicted molar refractivity (Wildman–Crippen MR) is 98.5 cm³/mol. The minimum absolute atomic E-state index is 0.0839. The lowest BCUT2D eigenvalue weighted by molar-refractivity contribution is 0.0547. The third kappa shape index (κ3) is 4.31. The van der Waals surface area contributed by atoms with Gasteiger partial charge >= 0.3 is 6.03 Å². The van der Waals surface area contributed by atoms with Crippen LogP contribution in [0.3, 0.4) is 0 Å². The summed E-state index contributed by atoms with van der Waals surface area (Å²) in [6, 6.07) is 9.29. The number of ether oxygens (including phenoxy) is 3. The van der Waals surface area contributed by atoms with Crippen molar-refractivity contribution in [3.05, 3.63) is 53.9 Å². The number of hydrogen-bond donors (Lipinski definition) is 2. The Hall–Kier alpha value is -2.80. The molecule has 2 aliphatic heterocycles. The number of fused-ring (bicyclic) bond motifs is 1. The average molecular weight is 369 g/mol. The summed E-state index contributed by atoms with van der Waals surface area (Å²) in [6.45, 7) is 2.10. The topological polar surface area (TPSA) is 81.7 Å². The summed E-state index contributed by atoms with van der Waals surface area (Å²) < 4.78 is 16.2. The highest BCUT2D eigenvalue weighted by molar-refractivity contribution is 5.74. The minimum Gasteiger partial charge on any atom is -0.454 e. The zero-order chi connectivity index (χ0) is 18.5. The van der Waals surface area contributed by atoms with Gasteiger partial charge in [0.15, 0.2) is 11.5 Å². The summed E-state index contributed by atoms with van der Waals surface area (Å²) in [6.07, 6.45) is 5.40. The van der Waals surface area contributed by atoms with E-state index in [9.17, 15) is 4.79 Å². The SMILES string of the molecule is O=C(NCc1ccc2c(c1)OCO2)NC(c1cccnc1)C1CCOCC1. The smallest absolute Gasteiger partial charge is 0.315 e. The van der Waals surface area contributed by atoms with E-state index in [1.54, 1.807) is 6.20 Å². The normalized spacial score (nSPS) is 17.3. The molecule has 2 aliphatic rings. The lowest BCUT2D eigenvalue weighted by Gasteiger charge is -2.31. The molecule has 2 amide bonds. The van der Waals surface area contributed by atoms with Gasteiger partial charge in [-0.2, -0.15) is 0 Å². The number of aromatic nitrogens is 1. The molecular formula is C20H23N3O4. The Bertz CT molecular complexity index is 778. The van der Waals surface area contributed by atoms with E-state index in [2.05, 4.69) is 15.6 Å². The van der Waals surface area contributed by atoms with Crippen molar-refractivity contribution in [2.45, 2.75) is 25.4 Å². The van der Waals surface area contributed by atoms with Gasteiger partial charge in [-0.3, -0.25) is 4.98 Å². The number of amides is 2. The zero-order valence-electron chi connectivity index (χ0n) is 15.0. The first-order valence-electron chi connectivity index (χ1n) is 9.20. The Kier molecular flexibility index (Phi) is 5.39. The lowest BCUT2D eigenvalue weighted by atomic mass is 9.88. The third-order valence-electron chi connectivity index (χ3n) is 4.96. The Morgan fingerprint density at radius 2 is 2.04 bits per heavy atom. The fourth-order valence-corrected chi connectivity index (χ4v) is 3.51. The highest BCUT2D eigenvalue weighted by Crippen LogP contribution is 2.32. The van der Waals surface area contributed by atoms with Crippen LogP contribution in [0.15, 0.2) is 42.7 Å². The van der Waals surface area contributed by atoms with E-state index in [-0.39, 0.29) is 18.9 Å². The Labute approximate surface area is 158 Å². The maximum Gasteiger partial charge on any atom is 0.315 e. The maximum absolute atomic E-state index is 12.5. The number of pyridine rings is 1. The van der Waals surface area contributed by atoms with Crippen LogP contribution >= 0.6 is 0 Å². The highest BCUT2D eigenvalue weighted by Gasteiger charge is 2.27. The van der Waals surface area contributed by atoms with Crippen LogP contribution in [0, 0.1) is 5.92 Å². The molecule has 1 saturated heterocycles. The number of benzene rings is 1. The quantitative estimate of drug-likeness (QED) is 0.847. The molecule has 0 bridgehead atoms. The highest BCUT2D eigenvalue weighted by atomic mass is 16.7. The molecule has 7 heteroatoms. The van der Waals surface area contributed by atoms with Crippen LogP contribution in [0.4, 0.5) is 4.79 Å². The van der Waals surface area contributed by atoms with Gasteiger partial charge in [0.25, 0.3) is 0 Å². The monoisotopic (exact) mass is 369 g/mol. The van der Waals surface area contributed by atoms with Crippen molar-refractivity contribution in [1.82, 2.24) is 15.6 Å². The summed E-state index contributed by atoms with van der Waals surface area (Å²) in [7, 11) is 0. The predicted octanol–water partition coefficient (Wildman–Crippen LogP) is 2.78. The standard InChI is InChI=1S/C20H23N3O4/c24-20(22-11-14-3-4-17-18(10-14)27-13-26-17)23-19(15-5-8-25-9-6-15)16-2-1-7-21-12-16/h1-4,7,10,12,15,19H,5-6,8-9,11,13H2,(H2,22,23,24). The van der Waals surface area contributed by atoms with Crippen molar-refractivity contribution in [3.63, 3.8) is 0 Å². The molecule has 27 heavy (non-hydrogen) atoms. The molecule has 142 valence electrons. The van der Waals surface area contributed by atoms with Crippen LogP contribution in [0.5, 0.6) is 11.5 Å². The first-order valence-corrected chi connectivity index (χ1v) is 9.20. The Morgan fingerprint density at radius 3 is 2.85 bits per heavy atom. The van der Waals surface area contributed by atoms with Crippen LogP contribution < -0.4 is 20.1 Å². The molecule has 0 saturated carbocycles. The van der Waals surface area contributed by atoms with E-state index in [1.807, 2.05) is 36.5 Å². The lowest BCUT2D eigenvalue weighted by Crippen LogP contribution is -2.41. The van der Waals surface area contributed by atoms with Crippen molar-refractivity contribution in [3.8, 4) is 11.5 Å². The van der Waals surface area contributed by atoms with Crippen LogP contribution in [-0.4, -0.2) is 31.0 Å². The molecular weight excluding hydrogens is 346 g/mol. The van der Waals surface area contributed by atoms with E-state index in [4.69, 9.17) is 14.2 Å². The molecule has 3 heterocycles. The first-order chi connectivity index (χ1) is 13.3. The summed E-state index contributed by atoms with van der Waals surface area (Å²) in [5, 5.41) is 6.06. The number of carbonyl (C=O) groups excluding carboxylic acids is 1. The molecule has 2 aromatic rings. The van der Waals surface area contributed by atoms with Crippen LogP contribution in [0.1, 0.15) is 30.0 Å². The third-order valence-corrected chi connectivity index (χ3v) is 4.96. The van der Waals surface area contributed by atoms with Gasteiger partial charge in [0, 0.05) is 32.2 Å². The van der Waals surface area contributed by atoms with Crippen molar-refractivity contribution in [1.29, 1.82) is 0 Å². The number of nitrogens with zero attached hydrogens (tertiary/aromatic N) is 1.